The molecule has 0 saturated heterocycles. The van der Waals surface area contributed by atoms with Crippen LogP contribution in [0.5, 0.6) is 0 Å². The molecule has 0 saturated carbocycles. The van der Waals surface area contributed by atoms with Gasteiger partial charge in [-0.2, -0.15) is 0 Å². The number of pyridine rings is 1. The first-order chi connectivity index (χ1) is 6.11. The molecule has 1 aromatic heterocycles. The molecule has 3 nitrogen and oxygen atoms in total. The largest absolute Gasteiger partial charge is 0.370 e. The van der Waals surface area contributed by atoms with Gasteiger partial charge in [0.25, 0.3) is 0 Å². The predicted octanol–water partition coefficient (Wildman–Crippen LogP) is 2.02. The van der Waals surface area contributed by atoms with E-state index in [1.54, 1.807) is 12.4 Å². The Morgan fingerprint density at radius 3 is 2.38 bits per heavy atom. The van der Waals surface area contributed by atoms with Crippen LogP contribution in [0.25, 0.3) is 0 Å². The van der Waals surface area contributed by atoms with Crippen LogP contribution in [0.4, 0.5) is 0 Å². The van der Waals surface area contributed by atoms with Gasteiger partial charge in [0.1, 0.15) is 0 Å². The molecule has 0 aliphatic heterocycles. The first-order valence-electron chi connectivity index (χ1n) is 3.67. The fourth-order valence-corrected chi connectivity index (χ4v) is 2.25. The molecule has 0 spiro atoms. The molecule has 0 fully saturated rings. The summed E-state index contributed by atoms with van der Waals surface area (Å²) in [6.07, 6.45) is 4.36. The van der Waals surface area contributed by atoms with Gasteiger partial charge in [0.15, 0.2) is 0 Å². The highest BCUT2D eigenvalue weighted by Crippen LogP contribution is 2.24. The van der Waals surface area contributed by atoms with E-state index in [1.807, 2.05) is 0 Å². The molecule has 70 valence electrons. The van der Waals surface area contributed by atoms with Crippen LogP contribution in [-0.2, 0) is 11.2 Å². The highest BCUT2D eigenvalue weighted by molar-refractivity contribution is 9.11. The topological polar surface area (TPSA) is 56.0 Å². The summed E-state index contributed by atoms with van der Waals surface area (Å²) in [5.41, 5.74) is 6.08. The molecule has 1 rings (SSSR count). The van der Waals surface area contributed by atoms with Gasteiger partial charge in [-0.15, -0.1) is 0 Å². The van der Waals surface area contributed by atoms with E-state index >= 15 is 0 Å². The molecular formula is C8H8Br2N2O. The normalized spacial score (nSPS) is 10.0. The van der Waals surface area contributed by atoms with Gasteiger partial charge in [-0.1, -0.05) is 0 Å². The lowest BCUT2D eigenvalue weighted by Crippen LogP contribution is -2.11. The molecule has 1 heterocycles. The molecule has 2 N–H and O–H groups in total. The van der Waals surface area contributed by atoms with E-state index in [2.05, 4.69) is 36.8 Å². The van der Waals surface area contributed by atoms with Crippen molar-refractivity contribution in [1.29, 1.82) is 0 Å². The van der Waals surface area contributed by atoms with Crippen molar-refractivity contribution in [2.75, 3.05) is 0 Å². The zero-order chi connectivity index (χ0) is 9.84. The standard InChI is InChI=1S/C8H8Br2N2O/c9-6-3-12-4-7(10)5(6)1-2-8(11)13/h3-4H,1-2H2,(H2,11,13). The van der Waals surface area contributed by atoms with Gasteiger partial charge >= 0.3 is 0 Å². The second-order valence-electron chi connectivity index (χ2n) is 2.55. The van der Waals surface area contributed by atoms with Crippen LogP contribution in [0.1, 0.15) is 12.0 Å². The zero-order valence-electron chi connectivity index (χ0n) is 6.76. The molecule has 0 aliphatic carbocycles. The minimum absolute atomic E-state index is 0.296. The summed E-state index contributed by atoms with van der Waals surface area (Å²) in [7, 11) is 0. The monoisotopic (exact) mass is 306 g/mol. The van der Waals surface area contributed by atoms with E-state index in [9.17, 15) is 4.79 Å². The molecule has 0 bridgehead atoms. The van der Waals surface area contributed by atoms with E-state index in [4.69, 9.17) is 5.73 Å². The summed E-state index contributed by atoms with van der Waals surface area (Å²) in [5.74, 6) is -0.296. The van der Waals surface area contributed by atoms with Gasteiger partial charge in [0, 0.05) is 27.8 Å². The maximum Gasteiger partial charge on any atom is 0.217 e. The lowest BCUT2D eigenvalue weighted by molar-refractivity contribution is -0.117. The van der Waals surface area contributed by atoms with Crippen molar-refractivity contribution in [3.8, 4) is 0 Å². The second kappa shape index (κ2) is 4.72. The van der Waals surface area contributed by atoms with Crippen molar-refractivity contribution in [3.63, 3.8) is 0 Å². The van der Waals surface area contributed by atoms with E-state index in [1.165, 1.54) is 0 Å². The van der Waals surface area contributed by atoms with Crippen LogP contribution in [0.3, 0.4) is 0 Å². The van der Waals surface area contributed by atoms with Crippen LogP contribution in [0.15, 0.2) is 21.3 Å². The summed E-state index contributed by atoms with van der Waals surface area (Å²) in [6.45, 7) is 0. The first-order valence-corrected chi connectivity index (χ1v) is 5.26. The zero-order valence-corrected chi connectivity index (χ0v) is 9.93. The lowest BCUT2D eigenvalue weighted by Gasteiger charge is -2.04. The van der Waals surface area contributed by atoms with Crippen LogP contribution in [0.2, 0.25) is 0 Å². The van der Waals surface area contributed by atoms with Crippen molar-refractivity contribution in [3.05, 3.63) is 26.9 Å². The number of halogens is 2. The van der Waals surface area contributed by atoms with E-state index in [0.29, 0.717) is 12.8 Å². The minimum atomic E-state index is -0.296. The van der Waals surface area contributed by atoms with Gasteiger partial charge in [-0.05, 0) is 43.8 Å². The lowest BCUT2D eigenvalue weighted by atomic mass is 10.1. The Kier molecular flexibility index (Phi) is 3.87. The average Bonchev–Trinajstić information content (AvgIpc) is 2.03. The number of nitrogens with zero attached hydrogens (tertiary/aromatic N) is 1. The van der Waals surface area contributed by atoms with Crippen LogP contribution in [0, 0.1) is 0 Å². The smallest absolute Gasteiger partial charge is 0.217 e. The third kappa shape index (κ3) is 3.08. The number of aromatic nitrogens is 1. The number of nitrogens with two attached hydrogens (primary N) is 1. The first kappa shape index (κ1) is 10.7. The quantitative estimate of drug-likeness (QED) is 0.929. The number of hydrogen-bond donors (Lipinski definition) is 1. The van der Waals surface area contributed by atoms with Crippen LogP contribution in [-0.4, -0.2) is 10.9 Å². The summed E-state index contributed by atoms with van der Waals surface area (Å²) in [6, 6.07) is 0. The van der Waals surface area contributed by atoms with Gasteiger partial charge in [-0.3, -0.25) is 9.78 Å². The number of carbonyl (C=O) groups is 1. The minimum Gasteiger partial charge on any atom is -0.370 e. The number of hydrogen-bond acceptors (Lipinski definition) is 2. The average molecular weight is 308 g/mol. The van der Waals surface area contributed by atoms with Crippen LogP contribution < -0.4 is 5.73 Å². The highest BCUT2D eigenvalue weighted by atomic mass is 79.9. The van der Waals surface area contributed by atoms with E-state index < -0.39 is 0 Å². The summed E-state index contributed by atoms with van der Waals surface area (Å²) >= 11 is 6.71. The number of amides is 1. The molecule has 13 heavy (non-hydrogen) atoms. The Morgan fingerprint density at radius 2 is 1.92 bits per heavy atom. The number of primary amides is 1. The van der Waals surface area contributed by atoms with Crippen molar-refractivity contribution >= 4 is 37.8 Å². The highest BCUT2D eigenvalue weighted by Gasteiger charge is 2.06. The SMILES string of the molecule is NC(=O)CCc1c(Br)cncc1Br. The molecule has 5 heteroatoms. The fourth-order valence-electron chi connectivity index (χ4n) is 0.925. The Balaban J connectivity index is 2.81. The molecule has 0 radical (unpaired) electrons. The molecule has 0 unspecified atom stereocenters. The summed E-state index contributed by atoms with van der Waals surface area (Å²) < 4.78 is 1.78. The van der Waals surface area contributed by atoms with Crippen molar-refractivity contribution in [2.45, 2.75) is 12.8 Å². The third-order valence-electron chi connectivity index (χ3n) is 1.57. The second-order valence-corrected chi connectivity index (χ2v) is 4.26. The molecule has 0 aliphatic rings. The van der Waals surface area contributed by atoms with E-state index in [0.717, 1.165) is 14.5 Å². The van der Waals surface area contributed by atoms with Gasteiger partial charge in [0.05, 0.1) is 0 Å². The Bertz CT molecular complexity index is 308. The molecule has 0 aromatic carbocycles. The Morgan fingerprint density at radius 1 is 1.38 bits per heavy atom. The van der Waals surface area contributed by atoms with Crippen molar-refractivity contribution in [2.24, 2.45) is 5.73 Å². The molecule has 1 amide bonds. The molecular weight excluding hydrogens is 300 g/mol. The van der Waals surface area contributed by atoms with E-state index in [-0.39, 0.29) is 5.91 Å². The van der Waals surface area contributed by atoms with Crippen molar-refractivity contribution < 1.29 is 4.79 Å². The third-order valence-corrected chi connectivity index (χ3v) is 2.94. The fraction of sp³-hybridized carbons (Fsp3) is 0.250. The predicted molar refractivity (Wildman–Crippen MR) is 57.2 cm³/mol. The van der Waals surface area contributed by atoms with Gasteiger partial charge in [0.2, 0.25) is 5.91 Å². The van der Waals surface area contributed by atoms with Crippen LogP contribution >= 0.6 is 31.9 Å². The van der Waals surface area contributed by atoms with Gasteiger partial charge < -0.3 is 5.73 Å². The summed E-state index contributed by atoms with van der Waals surface area (Å²) in [5, 5.41) is 0. The number of rotatable bonds is 3. The Hall–Kier alpha value is -0.420. The van der Waals surface area contributed by atoms with Gasteiger partial charge in [-0.25, -0.2) is 0 Å². The maximum atomic E-state index is 10.6. The number of carbonyl (C=O) groups excluding carboxylic acids is 1. The Labute approximate surface area is 93.0 Å². The van der Waals surface area contributed by atoms with Crippen molar-refractivity contribution in [1.82, 2.24) is 4.98 Å². The summed E-state index contributed by atoms with van der Waals surface area (Å²) in [4.78, 5) is 14.5. The molecule has 1 aromatic rings. The maximum absolute atomic E-state index is 10.6. The molecule has 0 atom stereocenters.